The maximum absolute atomic E-state index is 13.6. The second-order valence-electron chi connectivity index (χ2n) is 4.16. The number of methoxy groups -OCH3 is 1. The number of alkyl halides is 1. The van der Waals surface area contributed by atoms with Crippen LogP contribution in [0.3, 0.4) is 0 Å². The minimum absolute atomic E-state index is 0.0679. The molecule has 19 heavy (non-hydrogen) atoms. The third kappa shape index (κ3) is 3.32. The lowest BCUT2D eigenvalue weighted by atomic mass is 10.0. The molecule has 0 fully saturated rings. The Hall–Kier alpha value is -1.42. The van der Waals surface area contributed by atoms with Gasteiger partial charge in [-0.2, -0.15) is 0 Å². The summed E-state index contributed by atoms with van der Waals surface area (Å²) >= 11 is 3.35. The first kappa shape index (κ1) is 14.0. The Bertz CT molecular complexity index is 534. The summed E-state index contributed by atoms with van der Waals surface area (Å²) in [4.78, 5) is -0.401. The van der Waals surface area contributed by atoms with E-state index in [2.05, 4.69) is 15.9 Å². The molecule has 0 aliphatic carbocycles. The van der Waals surface area contributed by atoms with Gasteiger partial charge in [0.05, 0.1) is 7.11 Å². The SMILES string of the molecule is COc1ccc(CC(Br)c2c(F)cccc2F)cc1. The van der Waals surface area contributed by atoms with Crippen LogP contribution in [0.15, 0.2) is 42.5 Å². The minimum atomic E-state index is -0.532. The van der Waals surface area contributed by atoms with Crippen LogP contribution in [0.2, 0.25) is 0 Å². The summed E-state index contributed by atoms with van der Waals surface area (Å²) in [5.41, 5.74) is 1.05. The molecule has 0 amide bonds. The normalized spacial score (nSPS) is 12.2. The summed E-state index contributed by atoms with van der Waals surface area (Å²) in [6, 6.07) is 11.3. The monoisotopic (exact) mass is 326 g/mol. The number of hydrogen-bond acceptors (Lipinski definition) is 1. The molecular weight excluding hydrogens is 314 g/mol. The molecule has 2 aromatic carbocycles. The quantitative estimate of drug-likeness (QED) is 0.743. The van der Waals surface area contributed by atoms with Crippen LogP contribution in [-0.2, 0) is 6.42 Å². The lowest BCUT2D eigenvalue weighted by Gasteiger charge is -2.12. The average Bonchev–Trinajstić information content (AvgIpc) is 2.39. The third-order valence-corrected chi connectivity index (χ3v) is 3.67. The Balaban J connectivity index is 2.18. The van der Waals surface area contributed by atoms with E-state index in [-0.39, 0.29) is 5.56 Å². The molecule has 0 spiro atoms. The number of benzene rings is 2. The molecule has 2 rings (SSSR count). The molecule has 2 aromatic rings. The van der Waals surface area contributed by atoms with E-state index in [1.807, 2.05) is 24.3 Å². The van der Waals surface area contributed by atoms with Gasteiger partial charge in [0.25, 0.3) is 0 Å². The highest BCUT2D eigenvalue weighted by Crippen LogP contribution is 2.31. The molecule has 100 valence electrons. The fraction of sp³-hybridized carbons (Fsp3) is 0.200. The largest absolute Gasteiger partial charge is 0.497 e. The zero-order chi connectivity index (χ0) is 13.8. The van der Waals surface area contributed by atoms with Crippen molar-refractivity contribution < 1.29 is 13.5 Å². The van der Waals surface area contributed by atoms with Crippen molar-refractivity contribution >= 4 is 15.9 Å². The Labute approximate surface area is 119 Å². The Morgan fingerprint density at radius 2 is 1.63 bits per heavy atom. The van der Waals surface area contributed by atoms with Crippen molar-refractivity contribution in [2.75, 3.05) is 7.11 Å². The highest BCUT2D eigenvalue weighted by Gasteiger charge is 2.17. The highest BCUT2D eigenvalue weighted by molar-refractivity contribution is 9.09. The molecule has 0 aromatic heterocycles. The van der Waals surface area contributed by atoms with E-state index in [1.54, 1.807) is 7.11 Å². The van der Waals surface area contributed by atoms with Crippen LogP contribution in [0.1, 0.15) is 16.0 Å². The highest BCUT2D eigenvalue weighted by atomic mass is 79.9. The fourth-order valence-corrected chi connectivity index (χ4v) is 2.69. The summed E-state index contributed by atoms with van der Waals surface area (Å²) in [5.74, 6) is -0.308. The smallest absolute Gasteiger partial charge is 0.130 e. The molecule has 1 unspecified atom stereocenters. The maximum Gasteiger partial charge on any atom is 0.130 e. The summed E-state index contributed by atoms with van der Waals surface area (Å²) in [6.07, 6.45) is 0.502. The topological polar surface area (TPSA) is 9.23 Å². The second-order valence-corrected chi connectivity index (χ2v) is 5.26. The van der Waals surface area contributed by atoms with Gasteiger partial charge in [0.1, 0.15) is 17.4 Å². The molecule has 0 bridgehead atoms. The molecule has 0 aliphatic heterocycles. The van der Waals surface area contributed by atoms with Crippen molar-refractivity contribution in [1.82, 2.24) is 0 Å². The molecule has 4 heteroatoms. The van der Waals surface area contributed by atoms with E-state index in [0.29, 0.717) is 6.42 Å². The van der Waals surface area contributed by atoms with Crippen molar-refractivity contribution in [3.05, 3.63) is 65.2 Å². The summed E-state index contributed by atoms with van der Waals surface area (Å²) in [5, 5.41) is 0. The van der Waals surface area contributed by atoms with Gasteiger partial charge in [-0.1, -0.05) is 34.1 Å². The van der Waals surface area contributed by atoms with Crippen LogP contribution >= 0.6 is 15.9 Å². The van der Waals surface area contributed by atoms with Gasteiger partial charge in [0.2, 0.25) is 0 Å². The van der Waals surface area contributed by atoms with Gasteiger partial charge >= 0.3 is 0 Å². The van der Waals surface area contributed by atoms with Crippen LogP contribution in [-0.4, -0.2) is 7.11 Å². The standard InChI is InChI=1S/C15H13BrF2O/c1-19-11-7-5-10(6-8-11)9-12(16)15-13(17)3-2-4-14(15)18/h2-8,12H,9H2,1H3. The van der Waals surface area contributed by atoms with Crippen LogP contribution < -0.4 is 4.74 Å². The summed E-state index contributed by atoms with van der Waals surface area (Å²) in [7, 11) is 1.59. The lowest BCUT2D eigenvalue weighted by molar-refractivity contribution is 0.414. The van der Waals surface area contributed by atoms with E-state index < -0.39 is 16.5 Å². The Morgan fingerprint density at radius 3 is 2.16 bits per heavy atom. The van der Waals surface area contributed by atoms with E-state index in [0.717, 1.165) is 11.3 Å². The molecule has 0 N–H and O–H groups in total. The van der Waals surface area contributed by atoms with Gasteiger partial charge in [-0.15, -0.1) is 0 Å². The Morgan fingerprint density at radius 1 is 1.05 bits per heavy atom. The molecular formula is C15H13BrF2O. The fourth-order valence-electron chi connectivity index (χ4n) is 1.88. The van der Waals surface area contributed by atoms with Gasteiger partial charge in [-0.05, 0) is 36.2 Å². The average molecular weight is 327 g/mol. The third-order valence-electron chi connectivity index (χ3n) is 2.89. The van der Waals surface area contributed by atoms with Crippen LogP contribution in [0.25, 0.3) is 0 Å². The van der Waals surface area contributed by atoms with E-state index >= 15 is 0 Å². The maximum atomic E-state index is 13.6. The predicted molar refractivity (Wildman–Crippen MR) is 74.7 cm³/mol. The number of ether oxygens (including phenoxy) is 1. The van der Waals surface area contributed by atoms with Crippen molar-refractivity contribution in [3.8, 4) is 5.75 Å². The van der Waals surface area contributed by atoms with Gasteiger partial charge < -0.3 is 4.74 Å². The van der Waals surface area contributed by atoms with Crippen LogP contribution in [0.4, 0.5) is 8.78 Å². The van der Waals surface area contributed by atoms with E-state index in [9.17, 15) is 8.78 Å². The van der Waals surface area contributed by atoms with E-state index in [1.165, 1.54) is 18.2 Å². The Kier molecular flexibility index (Phi) is 4.53. The van der Waals surface area contributed by atoms with E-state index in [4.69, 9.17) is 4.74 Å². The van der Waals surface area contributed by atoms with Crippen molar-refractivity contribution in [3.63, 3.8) is 0 Å². The molecule has 0 saturated heterocycles. The molecule has 0 radical (unpaired) electrons. The first-order valence-corrected chi connectivity index (χ1v) is 6.74. The minimum Gasteiger partial charge on any atom is -0.497 e. The van der Waals surface area contributed by atoms with Crippen LogP contribution in [0.5, 0.6) is 5.75 Å². The van der Waals surface area contributed by atoms with Crippen LogP contribution in [0, 0.1) is 11.6 Å². The van der Waals surface area contributed by atoms with Gasteiger partial charge in [0.15, 0.2) is 0 Å². The van der Waals surface area contributed by atoms with Crippen molar-refractivity contribution in [2.24, 2.45) is 0 Å². The predicted octanol–water partition coefficient (Wildman–Crippen LogP) is 4.65. The summed E-state index contributed by atoms with van der Waals surface area (Å²) < 4.78 is 32.3. The van der Waals surface area contributed by atoms with Crippen molar-refractivity contribution in [2.45, 2.75) is 11.2 Å². The molecule has 0 heterocycles. The lowest BCUT2D eigenvalue weighted by Crippen LogP contribution is -2.02. The second kappa shape index (κ2) is 6.15. The molecule has 1 nitrogen and oxygen atoms in total. The van der Waals surface area contributed by atoms with Gasteiger partial charge in [-0.25, -0.2) is 8.78 Å². The first-order valence-electron chi connectivity index (χ1n) is 5.82. The molecule has 0 aliphatic rings. The number of rotatable bonds is 4. The number of hydrogen-bond donors (Lipinski definition) is 0. The zero-order valence-electron chi connectivity index (χ0n) is 10.4. The van der Waals surface area contributed by atoms with Gasteiger partial charge in [0, 0.05) is 10.4 Å². The summed E-state index contributed by atoms with van der Waals surface area (Å²) in [6.45, 7) is 0. The molecule has 0 saturated carbocycles. The van der Waals surface area contributed by atoms with Crippen molar-refractivity contribution in [1.29, 1.82) is 0 Å². The zero-order valence-corrected chi connectivity index (χ0v) is 12.0. The first-order chi connectivity index (χ1) is 9.11. The molecule has 1 atom stereocenters. The number of halogens is 3. The van der Waals surface area contributed by atoms with Gasteiger partial charge in [-0.3, -0.25) is 0 Å².